The number of imidazole rings is 1. The maximum Gasteiger partial charge on any atom is 0.338 e. The van der Waals surface area contributed by atoms with E-state index in [1.807, 2.05) is 28.8 Å². The van der Waals surface area contributed by atoms with E-state index in [4.69, 9.17) is 5.11 Å². The zero-order valence-corrected chi connectivity index (χ0v) is 11.0. The summed E-state index contributed by atoms with van der Waals surface area (Å²) in [5.74, 6) is -2.01. The van der Waals surface area contributed by atoms with Crippen LogP contribution in [0.4, 0.5) is 4.39 Å². The fourth-order valence-electron chi connectivity index (χ4n) is 1.86. The van der Waals surface area contributed by atoms with E-state index >= 15 is 0 Å². The molecule has 20 heavy (non-hydrogen) atoms. The smallest absolute Gasteiger partial charge is 0.338 e. The highest BCUT2D eigenvalue weighted by atomic mass is 32.2. The molecule has 1 aromatic carbocycles. The average Bonchev–Trinajstić information content (AvgIpc) is 2.90. The van der Waals surface area contributed by atoms with Gasteiger partial charge in [-0.2, -0.15) is 0 Å². The molecule has 0 bridgehead atoms. The van der Waals surface area contributed by atoms with Crippen molar-refractivity contribution in [2.45, 2.75) is 9.92 Å². The number of nitrogens with zero attached hydrogens (tertiary/aromatic N) is 2. The number of rotatable bonds is 3. The van der Waals surface area contributed by atoms with Gasteiger partial charge in [-0.15, -0.1) is 0 Å². The van der Waals surface area contributed by atoms with E-state index in [0.29, 0.717) is 4.90 Å². The number of carboxylic acid groups (broad SMARTS) is 1. The predicted molar refractivity (Wildman–Crippen MR) is 72.7 cm³/mol. The largest absolute Gasteiger partial charge is 0.478 e. The van der Waals surface area contributed by atoms with Crippen LogP contribution in [-0.4, -0.2) is 20.5 Å². The Kier molecular flexibility index (Phi) is 3.15. The van der Waals surface area contributed by atoms with Crippen molar-refractivity contribution in [1.29, 1.82) is 0 Å². The summed E-state index contributed by atoms with van der Waals surface area (Å²) < 4.78 is 15.2. The number of carboxylic acids is 1. The Hall–Kier alpha value is -2.34. The van der Waals surface area contributed by atoms with Crippen LogP contribution in [0.15, 0.2) is 58.7 Å². The van der Waals surface area contributed by atoms with Gasteiger partial charge in [-0.05, 0) is 30.3 Å². The summed E-state index contributed by atoms with van der Waals surface area (Å²) in [5, 5.41) is 9.81. The Labute approximate surface area is 117 Å². The second-order valence-electron chi connectivity index (χ2n) is 4.07. The minimum atomic E-state index is -1.27. The minimum absolute atomic E-state index is 0.326. The molecule has 2 heterocycles. The summed E-state index contributed by atoms with van der Waals surface area (Å²) >= 11 is 1.35. The van der Waals surface area contributed by atoms with E-state index < -0.39 is 11.8 Å². The molecular weight excluding hydrogens is 279 g/mol. The highest BCUT2D eigenvalue weighted by molar-refractivity contribution is 7.99. The number of hydrogen-bond donors (Lipinski definition) is 1. The van der Waals surface area contributed by atoms with E-state index in [-0.39, 0.29) is 5.56 Å². The predicted octanol–water partition coefficient (Wildman–Crippen LogP) is 3.32. The summed E-state index contributed by atoms with van der Waals surface area (Å²) in [6.45, 7) is 0. The fourth-order valence-corrected chi connectivity index (χ4v) is 2.81. The number of aromatic carboxylic acids is 1. The van der Waals surface area contributed by atoms with Gasteiger partial charge in [0.05, 0.1) is 10.6 Å². The average molecular weight is 288 g/mol. The van der Waals surface area contributed by atoms with Gasteiger partial charge in [-0.25, -0.2) is 14.2 Å². The van der Waals surface area contributed by atoms with Crippen LogP contribution < -0.4 is 0 Å². The Morgan fingerprint density at radius 1 is 1.30 bits per heavy atom. The second-order valence-corrected chi connectivity index (χ2v) is 5.16. The van der Waals surface area contributed by atoms with Crippen molar-refractivity contribution in [1.82, 2.24) is 9.38 Å². The lowest BCUT2D eigenvalue weighted by molar-refractivity contribution is 0.0691. The molecule has 6 heteroatoms. The first-order valence-corrected chi connectivity index (χ1v) is 6.59. The molecule has 0 fully saturated rings. The van der Waals surface area contributed by atoms with Crippen molar-refractivity contribution < 1.29 is 14.3 Å². The third-order valence-corrected chi connectivity index (χ3v) is 3.81. The Balaban J connectivity index is 2.01. The SMILES string of the molecule is O=C(O)c1cc(Sc2cccc3nccn23)ccc1F. The van der Waals surface area contributed by atoms with Crippen molar-refractivity contribution in [2.75, 3.05) is 0 Å². The number of halogens is 1. The van der Waals surface area contributed by atoms with Crippen LogP contribution in [0.25, 0.3) is 5.65 Å². The fraction of sp³-hybridized carbons (Fsp3) is 0. The van der Waals surface area contributed by atoms with Gasteiger partial charge in [0.1, 0.15) is 11.5 Å². The first kappa shape index (κ1) is 12.7. The van der Waals surface area contributed by atoms with Crippen molar-refractivity contribution in [3.63, 3.8) is 0 Å². The molecule has 0 amide bonds. The second kappa shape index (κ2) is 4.97. The molecule has 0 spiro atoms. The Morgan fingerprint density at radius 2 is 2.15 bits per heavy atom. The van der Waals surface area contributed by atoms with Crippen LogP contribution in [0.2, 0.25) is 0 Å². The van der Waals surface area contributed by atoms with E-state index in [2.05, 4.69) is 4.98 Å². The van der Waals surface area contributed by atoms with Crippen LogP contribution >= 0.6 is 11.8 Å². The Morgan fingerprint density at radius 3 is 2.95 bits per heavy atom. The highest BCUT2D eigenvalue weighted by Gasteiger charge is 2.12. The lowest BCUT2D eigenvalue weighted by atomic mass is 10.2. The number of hydrogen-bond acceptors (Lipinski definition) is 3. The van der Waals surface area contributed by atoms with E-state index in [9.17, 15) is 9.18 Å². The van der Waals surface area contributed by atoms with Crippen molar-refractivity contribution in [2.24, 2.45) is 0 Å². The van der Waals surface area contributed by atoms with Gasteiger partial charge in [-0.3, -0.25) is 4.40 Å². The zero-order chi connectivity index (χ0) is 14.1. The number of benzene rings is 1. The summed E-state index contributed by atoms with van der Waals surface area (Å²) in [4.78, 5) is 15.8. The molecule has 0 aliphatic rings. The third kappa shape index (κ3) is 2.25. The van der Waals surface area contributed by atoms with Crippen LogP contribution in [0, 0.1) is 5.82 Å². The van der Waals surface area contributed by atoms with Crippen LogP contribution in [0.1, 0.15) is 10.4 Å². The van der Waals surface area contributed by atoms with Crippen molar-refractivity contribution >= 4 is 23.4 Å². The van der Waals surface area contributed by atoms with Crippen LogP contribution in [-0.2, 0) is 0 Å². The van der Waals surface area contributed by atoms with Gasteiger partial charge in [0.15, 0.2) is 0 Å². The minimum Gasteiger partial charge on any atom is -0.478 e. The van der Waals surface area contributed by atoms with Crippen molar-refractivity contribution in [3.05, 3.63) is 60.2 Å². The first-order valence-electron chi connectivity index (χ1n) is 5.78. The number of pyridine rings is 1. The molecule has 0 unspecified atom stereocenters. The number of carbonyl (C=O) groups is 1. The molecular formula is C14H9FN2O2S. The molecule has 4 nitrogen and oxygen atoms in total. The summed E-state index contributed by atoms with van der Waals surface area (Å²) in [5.41, 5.74) is 0.475. The molecule has 2 aromatic heterocycles. The van der Waals surface area contributed by atoms with Gasteiger partial charge in [0.2, 0.25) is 0 Å². The van der Waals surface area contributed by atoms with Crippen LogP contribution in [0.5, 0.6) is 0 Å². The number of aromatic nitrogens is 2. The van der Waals surface area contributed by atoms with E-state index in [1.54, 1.807) is 12.3 Å². The zero-order valence-electron chi connectivity index (χ0n) is 10.2. The molecule has 100 valence electrons. The lowest BCUT2D eigenvalue weighted by Gasteiger charge is -2.06. The maximum atomic E-state index is 13.4. The Bertz CT molecular complexity index is 801. The molecule has 3 aromatic rings. The van der Waals surface area contributed by atoms with Gasteiger partial charge in [-0.1, -0.05) is 17.8 Å². The lowest BCUT2D eigenvalue weighted by Crippen LogP contribution is -2.00. The highest BCUT2D eigenvalue weighted by Crippen LogP contribution is 2.29. The van der Waals surface area contributed by atoms with Gasteiger partial charge < -0.3 is 5.11 Å². The molecule has 0 radical (unpaired) electrons. The summed E-state index contributed by atoms with van der Waals surface area (Å²) in [6, 6.07) is 9.69. The topological polar surface area (TPSA) is 54.6 Å². The van der Waals surface area contributed by atoms with E-state index in [0.717, 1.165) is 10.7 Å². The summed E-state index contributed by atoms with van der Waals surface area (Å²) in [7, 11) is 0. The molecule has 0 saturated heterocycles. The van der Waals surface area contributed by atoms with E-state index in [1.165, 1.54) is 23.9 Å². The number of fused-ring (bicyclic) bond motifs is 1. The monoisotopic (exact) mass is 288 g/mol. The molecule has 0 saturated carbocycles. The van der Waals surface area contributed by atoms with Gasteiger partial charge in [0.25, 0.3) is 0 Å². The third-order valence-electron chi connectivity index (χ3n) is 2.78. The maximum absolute atomic E-state index is 13.4. The molecule has 1 N–H and O–H groups in total. The van der Waals surface area contributed by atoms with Crippen molar-refractivity contribution in [3.8, 4) is 0 Å². The molecule has 3 rings (SSSR count). The quantitative estimate of drug-likeness (QED) is 0.803. The first-order chi connectivity index (χ1) is 9.65. The van der Waals surface area contributed by atoms with Gasteiger partial charge >= 0.3 is 5.97 Å². The molecule has 0 atom stereocenters. The molecule has 0 aliphatic carbocycles. The normalized spacial score (nSPS) is 10.8. The molecule has 0 aliphatic heterocycles. The summed E-state index contributed by atoms with van der Waals surface area (Å²) in [6.07, 6.45) is 3.51. The van der Waals surface area contributed by atoms with Gasteiger partial charge in [0, 0.05) is 17.3 Å². The standard InChI is InChI=1S/C14H9FN2O2S/c15-11-5-4-9(8-10(11)14(18)19)20-13-3-1-2-12-16-6-7-17(12)13/h1-8H,(H,18,19). The van der Waals surface area contributed by atoms with Crippen LogP contribution in [0.3, 0.4) is 0 Å².